The van der Waals surface area contributed by atoms with E-state index in [2.05, 4.69) is 0 Å². The molecule has 0 aliphatic carbocycles. The number of aliphatic carboxylic acids is 1. The summed E-state index contributed by atoms with van der Waals surface area (Å²) in [7, 11) is 0. The monoisotopic (exact) mass is 214 g/mol. The molecule has 3 nitrogen and oxygen atoms in total. The third-order valence-electron chi connectivity index (χ3n) is 1.40. The SMILES string of the molecule is Cl.O=C(O)C=COCc1ccccc1. The lowest BCUT2D eigenvalue weighted by molar-refractivity contribution is -0.131. The molecule has 0 heterocycles. The first-order valence-corrected chi connectivity index (χ1v) is 3.84. The van der Waals surface area contributed by atoms with Crippen molar-refractivity contribution in [2.45, 2.75) is 6.61 Å². The quantitative estimate of drug-likeness (QED) is 0.618. The fourth-order valence-electron chi connectivity index (χ4n) is 0.825. The summed E-state index contributed by atoms with van der Waals surface area (Å²) in [4.78, 5) is 10.0. The van der Waals surface area contributed by atoms with Crippen LogP contribution < -0.4 is 0 Å². The average molecular weight is 215 g/mol. The molecule has 0 aliphatic rings. The maximum atomic E-state index is 10.0. The smallest absolute Gasteiger partial charge is 0.331 e. The van der Waals surface area contributed by atoms with E-state index in [0.717, 1.165) is 11.6 Å². The third-order valence-corrected chi connectivity index (χ3v) is 1.40. The van der Waals surface area contributed by atoms with Gasteiger partial charge in [-0.1, -0.05) is 30.3 Å². The molecule has 0 aliphatic heterocycles. The van der Waals surface area contributed by atoms with Gasteiger partial charge in [-0.3, -0.25) is 0 Å². The lowest BCUT2D eigenvalue weighted by Crippen LogP contribution is -1.89. The molecule has 0 saturated heterocycles. The first kappa shape index (κ1) is 12.5. The van der Waals surface area contributed by atoms with Crippen molar-refractivity contribution < 1.29 is 14.6 Å². The third kappa shape index (κ3) is 5.22. The summed E-state index contributed by atoms with van der Waals surface area (Å²) in [5.74, 6) is -1.01. The fourth-order valence-corrected chi connectivity index (χ4v) is 0.825. The van der Waals surface area contributed by atoms with Gasteiger partial charge in [-0.15, -0.1) is 12.4 Å². The van der Waals surface area contributed by atoms with Gasteiger partial charge in [0.1, 0.15) is 6.61 Å². The highest BCUT2D eigenvalue weighted by atomic mass is 35.5. The molecule has 0 aromatic heterocycles. The van der Waals surface area contributed by atoms with E-state index in [0.29, 0.717) is 6.61 Å². The molecule has 0 saturated carbocycles. The van der Waals surface area contributed by atoms with Gasteiger partial charge >= 0.3 is 5.97 Å². The number of carbonyl (C=O) groups is 1. The summed E-state index contributed by atoms with van der Waals surface area (Å²) < 4.78 is 4.97. The lowest BCUT2D eigenvalue weighted by atomic mass is 10.2. The molecule has 1 rings (SSSR count). The molecule has 0 radical (unpaired) electrons. The molecule has 0 bridgehead atoms. The van der Waals surface area contributed by atoms with Crippen LogP contribution in [0.1, 0.15) is 5.56 Å². The lowest BCUT2D eigenvalue weighted by Gasteiger charge is -1.98. The van der Waals surface area contributed by atoms with Crippen LogP contribution in [0, 0.1) is 0 Å². The van der Waals surface area contributed by atoms with Crippen molar-refractivity contribution in [2.75, 3.05) is 0 Å². The van der Waals surface area contributed by atoms with Gasteiger partial charge in [0.15, 0.2) is 0 Å². The van der Waals surface area contributed by atoms with Crippen molar-refractivity contribution >= 4 is 18.4 Å². The second-order valence-electron chi connectivity index (χ2n) is 2.44. The van der Waals surface area contributed by atoms with Crippen LogP contribution in [-0.4, -0.2) is 11.1 Å². The van der Waals surface area contributed by atoms with Crippen molar-refractivity contribution in [3.63, 3.8) is 0 Å². The minimum atomic E-state index is -1.01. The minimum Gasteiger partial charge on any atom is -0.496 e. The fraction of sp³-hybridized carbons (Fsp3) is 0.100. The maximum Gasteiger partial charge on any atom is 0.331 e. The van der Waals surface area contributed by atoms with Gasteiger partial charge in [-0.05, 0) is 5.56 Å². The van der Waals surface area contributed by atoms with Gasteiger partial charge in [0.2, 0.25) is 0 Å². The Kier molecular flexibility index (Phi) is 6.24. The van der Waals surface area contributed by atoms with Crippen molar-refractivity contribution in [3.8, 4) is 0 Å². The van der Waals surface area contributed by atoms with E-state index in [-0.39, 0.29) is 12.4 Å². The zero-order valence-corrected chi connectivity index (χ0v) is 8.24. The van der Waals surface area contributed by atoms with Gasteiger partial charge in [-0.25, -0.2) is 4.79 Å². The molecule has 0 spiro atoms. The van der Waals surface area contributed by atoms with Crippen LogP contribution >= 0.6 is 12.4 Å². The summed E-state index contributed by atoms with van der Waals surface area (Å²) in [6.07, 6.45) is 2.14. The zero-order chi connectivity index (χ0) is 9.52. The second-order valence-corrected chi connectivity index (χ2v) is 2.44. The number of hydrogen-bond acceptors (Lipinski definition) is 2. The van der Waals surface area contributed by atoms with Crippen LogP contribution in [0.2, 0.25) is 0 Å². The molecule has 1 N–H and O–H groups in total. The van der Waals surface area contributed by atoms with E-state index < -0.39 is 5.97 Å². The van der Waals surface area contributed by atoms with Crippen LogP contribution in [0.3, 0.4) is 0 Å². The zero-order valence-electron chi connectivity index (χ0n) is 7.42. The molecule has 0 unspecified atom stereocenters. The number of hydrogen-bond donors (Lipinski definition) is 1. The van der Waals surface area contributed by atoms with Crippen LogP contribution in [0.25, 0.3) is 0 Å². The Morgan fingerprint density at radius 3 is 2.57 bits per heavy atom. The molecule has 14 heavy (non-hydrogen) atoms. The average Bonchev–Trinajstić information content (AvgIpc) is 2.14. The van der Waals surface area contributed by atoms with E-state index in [1.165, 1.54) is 6.26 Å². The molecule has 0 atom stereocenters. The summed E-state index contributed by atoms with van der Waals surface area (Å²) in [6, 6.07) is 9.54. The number of carboxylic acids is 1. The van der Waals surface area contributed by atoms with Crippen molar-refractivity contribution in [1.29, 1.82) is 0 Å². The minimum absolute atomic E-state index is 0. The highest BCUT2D eigenvalue weighted by Crippen LogP contribution is 2.00. The van der Waals surface area contributed by atoms with Gasteiger partial charge in [0.05, 0.1) is 12.3 Å². The molecule has 76 valence electrons. The van der Waals surface area contributed by atoms with Gasteiger partial charge in [-0.2, -0.15) is 0 Å². The standard InChI is InChI=1S/C10H10O3.ClH/c11-10(12)6-7-13-8-9-4-2-1-3-5-9;/h1-7H,8H2,(H,11,12);1H. The van der Waals surface area contributed by atoms with Crippen molar-refractivity contribution in [1.82, 2.24) is 0 Å². The first-order chi connectivity index (χ1) is 6.29. The van der Waals surface area contributed by atoms with Crippen LogP contribution in [0.15, 0.2) is 42.7 Å². The number of ether oxygens (including phenoxy) is 1. The highest BCUT2D eigenvalue weighted by molar-refractivity contribution is 5.85. The van der Waals surface area contributed by atoms with E-state index in [1.807, 2.05) is 30.3 Å². The summed E-state index contributed by atoms with van der Waals surface area (Å²) in [5, 5.41) is 8.24. The largest absolute Gasteiger partial charge is 0.496 e. The normalized spacial score (nSPS) is 9.43. The molecule has 1 aromatic carbocycles. The number of halogens is 1. The predicted octanol–water partition coefficient (Wildman–Crippen LogP) is 2.22. The predicted molar refractivity (Wildman–Crippen MR) is 55.3 cm³/mol. The van der Waals surface area contributed by atoms with Crippen LogP contribution in [0.4, 0.5) is 0 Å². The van der Waals surface area contributed by atoms with E-state index in [4.69, 9.17) is 9.84 Å². The van der Waals surface area contributed by atoms with Gasteiger partial charge in [0, 0.05) is 0 Å². The van der Waals surface area contributed by atoms with Gasteiger partial charge < -0.3 is 9.84 Å². The Labute approximate surface area is 88.4 Å². The van der Waals surface area contributed by atoms with Crippen molar-refractivity contribution in [2.24, 2.45) is 0 Å². The molecule has 0 amide bonds. The van der Waals surface area contributed by atoms with Crippen molar-refractivity contribution in [3.05, 3.63) is 48.2 Å². The summed E-state index contributed by atoms with van der Waals surface area (Å²) in [6.45, 7) is 0.393. The molecular formula is C10H11ClO3. The van der Waals surface area contributed by atoms with E-state index in [9.17, 15) is 4.79 Å². The number of carboxylic acid groups (broad SMARTS) is 1. The first-order valence-electron chi connectivity index (χ1n) is 3.84. The van der Waals surface area contributed by atoms with Crippen LogP contribution in [-0.2, 0) is 16.1 Å². The van der Waals surface area contributed by atoms with Gasteiger partial charge in [0.25, 0.3) is 0 Å². The maximum absolute atomic E-state index is 10.0. The summed E-state index contributed by atoms with van der Waals surface area (Å²) in [5.41, 5.74) is 1.01. The van der Waals surface area contributed by atoms with E-state index >= 15 is 0 Å². The molecule has 0 fully saturated rings. The molecule has 1 aromatic rings. The Morgan fingerprint density at radius 2 is 2.00 bits per heavy atom. The summed E-state index contributed by atoms with van der Waals surface area (Å²) >= 11 is 0. The topological polar surface area (TPSA) is 46.5 Å². The highest BCUT2D eigenvalue weighted by Gasteiger charge is 1.89. The number of benzene rings is 1. The van der Waals surface area contributed by atoms with Crippen LogP contribution in [0.5, 0.6) is 0 Å². The van der Waals surface area contributed by atoms with E-state index in [1.54, 1.807) is 0 Å². The Morgan fingerprint density at radius 1 is 1.36 bits per heavy atom. The number of rotatable bonds is 4. The molecule has 4 heteroatoms. The Bertz CT molecular complexity index is 295. The second kappa shape index (κ2) is 6.97. The Hall–Kier alpha value is -1.48. The Balaban J connectivity index is 0.00000169. The molecular weight excluding hydrogens is 204 g/mol.